The Kier molecular flexibility index (Phi) is 7.00. The van der Waals surface area contributed by atoms with Crippen molar-refractivity contribution in [2.75, 3.05) is 19.8 Å². The summed E-state index contributed by atoms with van der Waals surface area (Å²) >= 11 is 0. The molecule has 0 saturated heterocycles. The smallest absolute Gasteiger partial charge is 0.251 e. The Morgan fingerprint density at radius 2 is 1.42 bits per heavy atom. The number of halogens is 2. The van der Waals surface area contributed by atoms with Crippen LogP contribution in [0, 0.1) is 11.6 Å². The van der Waals surface area contributed by atoms with Crippen molar-refractivity contribution in [2.24, 2.45) is 0 Å². The molecule has 0 aliphatic rings. The van der Waals surface area contributed by atoms with Crippen LogP contribution in [-0.4, -0.2) is 35.6 Å². The lowest BCUT2D eigenvalue weighted by Gasteiger charge is -2.12. The maximum Gasteiger partial charge on any atom is 0.251 e. The summed E-state index contributed by atoms with van der Waals surface area (Å²) < 4.78 is 32.3. The number of nitrogens with zero attached hydrogens (tertiary/aromatic N) is 2. The van der Waals surface area contributed by atoms with Gasteiger partial charge in [0.1, 0.15) is 11.6 Å². The number of rotatable bonds is 8. The molecule has 33 heavy (non-hydrogen) atoms. The molecule has 1 heterocycles. The van der Waals surface area contributed by atoms with E-state index in [4.69, 9.17) is 14.7 Å². The highest BCUT2D eigenvalue weighted by molar-refractivity contribution is 5.98. The number of ether oxygens (including phenoxy) is 1. The molecule has 0 saturated carbocycles. The fourth-order valence-electron chi connectivity index (χ4n) is 3.44. The molecule has 0 spiro atoms. The van der Waals surface area contributed by atoms with Gasteiger partial charge in [0.2, 0.25) is 0 Å². The van der Waals surface area contributed by atoms with Gasteiger partial charge >= 0.3 is 0 Å². The van der Waals surface area contributed by atoms with Crippen LogP contribution in [0.5, 0.6) is 0 Å². The van der Waals surface area contributed by atoms with Crippen molar-refractivity contribution in [3.8, 4) is 22.5 Å². The summed E-state index contributed by atoms with van der Waals surface area (Å²) in [5, 5.41) is 2.87. The molecular weight excluding hydrogens is 424 g/mol. The van der Waals surface area contributed by atoms with Crippen molar-refractivity contribution in [1.82, 2.24) is 15.3 Å². The largest absolute Gasteiger partial charge is 0.382 e. The van der Waals surface area contributed by atoms with Crippen molar-refractivity contribution >= 4 is 16.9 Å². The van der Waals surface area contributed by atoms with E-state index in [2.05, 4.69) is 5.32 Å². The summed E-state index contributed by atoms with van der Waals surface area (Å²) in [4.78, 5) is 22.1. The van der Waals surface area contributed by atoms with Gasteiger partial charge in [-0.05, 0) is 80.1 Å². The first-order valence-electron chi connectivity index (χ1n) is 10.7. The van der Waals surface area contributed by atoms with Gasteiger partial charge in [-0.15, -0.1) is 0 Å². The normalized spacial score (nSPS) is 11.0. The lowest BCUT2D eigenvalue weighted by molar-refractivity contribution is 0.0944. The maximum absolute atomic E-state index is 13.5. The molecule has 0 bridgehead atoms. The fourth-order valence-corrected chi connectivity index (χ4v) is 3.44. The standard InChI is InChI=1S/C26H23F2N3O2/c1-2-33-15-3-14-29-26(32)19-8-13-22-23(16-19)31-25(18-6-11-21(28)12-7-18)24(30-22)17-4-9-20(27)10-5-17/h4-13,16H,2-3,14-15H2,1H3,(H,29,32). The highest BCUT2D eigenvalue weighted by atomic mass is 19.1. The van der Waals surface area contributed by atoms with Gasteiger partial charge in [0.25, 0.3) is 5.91 Å². The van der Waals surface area contributed by atoms with E-state index in [-0.39, 0.29) is 17.5 Å². The Bertz CT molecular complexity index is 1260. The first kappa shape index (κ1) is 22.5. The molecule has 1 N–H and O–H groups in total. The monoisotopic (exact) mass is 447 g/mol. The first-order chi connectivity index (χ1) is 16.0. The quantitative estimate of drug-likeness (QED) is 0.368. The Balaban J connectivity index is 1.71. The minimum Gasteiger partial charge on any atom is -0.382 e. The summed E-state index contributed by atoms with van der Waals surface area (Å²) in [6.45, 7) is 3.67. The highest BCUT2D eigenvalue weighted by Gasteiger charge is 2.15. The lowest BCUT2D eigenvalue weighted by atomic mass is 10.0. The minimum atomic E-state index is -0.362. The van der Waals surface area contributed by atoms with E-state index >= 15 is 0 Å². The molecule has 4 rings (SSSR count). The van der Waals surface area contributed by atoms with E-state index in [1.54, 1.807) is 42.5 Å². The van der Waals surface area contributed by atoms with Crippen LogP contribution < -0.4 is 5.32 Å². The zero-order valence-corrected chi connectivity index (χ0v) is 18.1. The van der Waals surface area contributed by atoms with Crippen LogP contribution >= 0.6 is 0 Å². The number of nitrogens with one attached hydrogen (secondary N) is 1. The second-order valence-electron chi connectivity index (χ2n) is 7.44. The zero-order valence-electron chi connectivity index (χ0n) is 18.1. The molecule has 0 aliphatic carbocycles. The Morgan fingerprint density at radius 1 is 0.848 bits per heavy atom. The van der Waals surface area contributed by atoms with Crippen LogP contribution in [0.2, 0.25) is 0 Å². The van der Waals surface area contributed by atoms with Gasteiger partial charge in [0.15, 0.2) is 0 Å². The van der Waals surface area contributed by atoms with E-state index in [0.717, 1.165) is 6.42 Å². The molecule has 3 aromatic carbocycles. The molecule has 0 unspecified atom stereocenters. The Hall–Kier alpha value is -3.71. The summed E-state index contributed by atoms with van der Waals surface area (Å²) in [7, 11) is 0. The molecular formula is C26H23F2N3O2. The molecule has 5 nitrogen and oxygen atoms in total. The number of hydrogen-bond acceptors (Lipinski definition) is 4. The summed E-state index contributed by atoms with van der Waals surface area (Å²) in [6, 6.07) is 17.0. The highest BCUT2D eigenvalue weighted by Crippen LogP contribution is 2.31. The molecule has 4 aromatic rings. The van der Waals surface area contributed by atoms with Gasteiger partial charge in [0.05, 0.1) is 22.4 Å². The SMILES string of the molecule is CCOCCCNC(=O)c1ccc2nc(-c3ccc(F)cc3)c(-c3ccc(F)cc3)nc2c1. The molecule has 168 valence electrons. The topological polar surface area (TPSA) is 64.1 Å². The van der Waals surface area contributed by atoms with Gasteiger partial charge in [0, 0.05) is 36.4 Å². The summed E-state index contributed by atoms with van der Waals surface area (Å²) in [5.74, 6) is -0.923. The molecule has 1 aromatic heterocycles. The van der Waals surface area contributed by atoms with Crippen molar-refractivity contribution in [3.63, 3.8) is 0 Å². The molecule has 0 fully saturated rings. The van der Waals surface area contributed by atoms with Crippen molar-refractivity contribution in [1.29, 1.82) is 0 Å². The van der Waals surface area contributed by atoms with Crippen LogP contribution in [0.25, 0.3) is 33.5 Å². The predicted octanol–water partition coefficient (Wildman–Crippen LogP) is 5.40. The van der Waals surface area contributed by atoms with E-state index in [1.807, 2.05) is 6.92 Å². The summed E-state index contributed by atoms with van der Waals surface area (Å²) in [5.41, 5.74) is 3.99. The van der Waals surface area contributed by atoms with Crippen LogP contribution in [0.4, 0.5) is 8.78 Å². The maximum atomic E-state index is 13.5. The lowest BCUT2D eigenvalue weighted by Crippen LogP contribution is -2.25. The van der Waals surface area contributed by atoms with Crippen LogP contribution in [0.1, 0.15) is 23.7 Å². The zero-order chi connectivity index (χ0) is 23.2. The second kappa shape index (κ2) is 10.3. The molecule has 1 amide bonds. The average molecular weight is 447 g/mol. The van der Waals surface area contributed by atoms with Gasteiger partial charge in [-0.25, -0.2) is 18.7 Å². The van der Waals surface area contributed by atoms with Crippen molar-refractivity contribution in [3.05, 3.63) is 83.9 Å². The fraction of sp³-hybridized carbons (Fsp3) is 0.192. The van der Waals surface area contributed by atoms with Crippen LogP contribution in [-0.2, 0) is 4.74 Å². The minimum absolute atomic E-state index is 0.207. The number of hydrogen-bond donors (Lipinski definition) is 1. The third-order valence-electron chi connectivity index (χ3n) is 5.12. The van der Waals surface area contributed by atoms with Gasteiger partial charge < -0.3 is 10.1 Å². The van der Waals surface area contributed by atoms with Gasteiger partial charge in [-0.1, -0.05) is 0 Å². The van der Waals surface area contributed by atoms with Crippen LogP contribution in [0.3, 0.4) is 0 Å². The average Bonchev–Trinajstić information content (AvgIpc) is 2.83. The number of fused-ring (bicyclic) bond motifs is 1. The van der Waals surface area contributed by atoms with Crippen molar-refractivity contribution in [2.45, 2.75) is 13.3 Å². The van der Waals surface area contributed by atoms with Gasteiger partial charge in [-0.2, -0.15) is 0 Å². The Morgan fingerprint density at radius 3 is 2.00 bits per heavy atom. The Labute approximate surface area is 190 Å². The number of aromatic nitrogens is 2. The van der Waals surface area contributed by atoms with E-state index in [9.17, 15) is 13.6 Å². The number of benzene rings is 3. The molecule has 0 atom stereocenters. The second-order valence-corrected chi connectivity index (χ2v) is 7.44. The first-order valence-corrected chi connectivity index (χ1v) is 10.7. The number of carbonyl (C=O) groups is 1. The molecule has 0 aliphatic heterocycles. The number of carbonyl (C=O) groups excluding carboxylic acids is 1. The predicted molar refractivity (Wildman–Crippen MR) is 124 cm³/mol. The van der Waals surface area contributed by atoms with Gasteiger partial charge in [-0.3, -0.25) is 4.79 Å². The molecule has 7 heteroatoms. The third-order valence-corrected chi connectivity index (χ3v) is 5.12. The molecule has 0 radical (unpaired) electrons. The van der Waals surface area contributed by atoms with Crippen molar-refractivity contribution < 1.29 is 18.3 Å². The third kappa shape index (κ3) is 5.38. The van der Waals surface area contributed by atoms with E-state index < -0.39 is 0 Å². The summed E-state index contributed by atoms with van der Waals surface area (Å²) in [6.07, 6.45) is 0.725. The van der Waals surface area contributed by atoms with E-state index in [0.29, 0.717) is 58.9 Å². The van der Waals surface area contributed by atoms with E-state index in [1.165, 1.54) is 24.3 Å². The van der Waals surface area contributed by atoms with Crippen LogP contribution in [0.15, 0.2) is 66.7 Å². The number of amides is 1.